The lowest BCUT2D eigenvalue weighted by Gasteiger charge is -2.11. The maximum atomic E-state index is 11.6. The van der Waals surface area contributed by atoms with Crippen LogP contribution in [0.3, 0.4) is 0 Å². The summed E-state index contributed by atoms with van der Waals surface area (Å²) in [7, 11) is 3.49. The molecular weight excluding hydrogens is 296 g/mol. The van der Waals surface area contributed by atoms with Gasteiger partial charge in [-0.25, -0.2) is 4.98 Å². The van der Waals surface area contributed by atoms with E-state index in [0.717, 1.165) is 15.5 Å². The summed E-state index contributed by atoms with van der Waals surface area (Å²) in [6.07, 6.45) is 0.415. The fraction of sp³-hybridized carbons (Fsp3) is 0.333. The van der Waals surface area contributed by atoms with Gasteiger partial charge in [0.15, 0.2) is 0 Å². The molecule has 0 bridgehead atoms. The molecule has 0 unspecified atom stereocenters. The average molecular weight is 311 g/mol. The summed E-state index contributed by atoms with van der Waals surface area (Å²) in [6.45, 7) is 0.543. The Hall–Kier alpha value is -1.56. The normalized spacial score (nSPS) is 10.8. The fourth-order valence-corrected chi connectivity index (χ4v) is 2.14. The second-order valence-electron chi connectivity index (χ2n) is 4.29. The molecule has 0 saturated carbocycles. The number of halogens is 1. The molecule has 0 saturated heterocycles. The van der Waals surface area contributed by atoms with E-state index in [4.69, 9.17) is 5.73 Å². The number of nitrogens with two attached hydrogens (primary N) is 1. The van der Waals surface area contributed by atoms with E-state index >= 15 is 0 Å². The third kappa shape index (κ3) is 2.48. The van der Waals surface area contributed by atoms with Crippen molar-refractivity contribution in [3.8, 4) is 0 Å². The Balaban J connectivity index is 2.28. The van der Waals surface area contributed by atoms with Crippen molar-refractivity contribution in [1.29, 1.82) is 0 Å². The van der Waals surface area contributed by atoms with Crippen LogP contribution >= 0.6 is 15.9 Å². The molecule has 1 heterocycles. The Morgan fingerprint density at radius 2 is 2.22 bits per heavy atom. The van der Waals surface area contributed by atoms with Gasteiger partial charge in [-0.2, -0.15) is 0 Å². The molecule has 0 aliphatic heterocycles. The van der Waals surface area contributed by atoms with E-state index < -0.39 is 0 Å². The summed E-state index contributed by atoms with van der Waals surface area (Å²) in [6, 6.07) is 5.80. The third-order valence-corrected chi connectivity index (χ3v) is 3.28. The number of carbonyl (C=O) groups excluding carboxylic acids is 1. The second kappa shape index (κ2) is 4.97. The maximum Gasteiger partial charge on any atom is 0.223 e. The first-order chi connectivity index (χ1) is 8.49. The highest BCUT2D eigenvalue weighted by atomic mass is 79.9. The molecule has 0 spiro atoms. The van der Waals surface area contributed by atoms with Crippen molar-refractivity contribution in [2.45, 2.75) is 13.0 Å². The van der Waals surface area contributed by atoms with Crippen LogP contribution in [0.1, 0.15) is 6.42 Å². The molecule has 0 atom stereocenters. The molecule has 2 aromatic rings. The fourth-order valence-electron chi connectivity index (χ4n) is 1.79. The van der Waals surface area contributed by atoms with Gasteiger partial charge in [0.05, 0.1) is 11.0 Å². The lowest BCUT2D eigenvalue weighted by molar-refractivity contribution is -0.128. The molecule has 2 rings (SSSR count). The predicted molar refractivity (Wildman–Crippen MR) is 75.2 cm³/mol. The number of aromatic nitrogens is 2. The Kier molecular flexibility index (Phi) is 3.56. The number of aryl methyl sites for hydroxylation is 1. The van der Waals surface area contributed by atoms with Crippen molar-refractivity contribution < 1.29 is 4.79 Å². The number of nitrogen functional groups attached to an aromatic ring is 1. The Morgan fingerprint density at radius 1 is 1.50 bits per heavy atom. The highest BCUT2D eigenvalue weighted by molar-refractivity contribution is 9.10. The monoisotopic (exact) mass is 310 g/mol. The molecule has 18 heavy (non-hydrogen) atoms. The van der Waals surface area contributed by atoms with Crippen LogP contribution < -0.4 is 5.73 Å². The van der Waals surface area contributed by atoms with E-state index in [1.807, 2.05) is 22.8 Å². The zero-order valence-electron chi connectivity index (χ0n) is 10.4. The van der Waals surface area contributed by atoms with Crippen molar-refractivity contribution in [3.63, 3.8) is 0 Å². The minimum absolute atomic E-state index is 0.0772. The number of anilines is 1. The van der Waals surface area contributed by atoms with Crippen molar-refractivity contribution in [2.75, 3.05) is 19.8 Å². The van der Waals surface area contributed by atoms with E-state index in [2.05, 4.69) is 20.9 Å². The molecule has 0 radical (unpaired) electrons. The molecule has 1 amide bonds. The van der Waals surface area contributed by atoms with Gasteiger partial charge < -0.3 is 15.2 Å². The number of hydrogen-bond acceptors (Lipinski definition) is 3. The summed E-state index contributed by atoms with van der Waals surface area (Å²) in [5, 5.41) is 0. The zero-order chi connectivity index (χ0) is 13.3. The van der Waals surface area contributed by atoms with E-state index in [-0.39, 0.29) is 5.91 Å². The molecule has 0 aliphatic rings. The van der Waals surface area contributed by atoms with Crippen molar-refractivity contribution in [1.82, 2.24) is 14.5 Å². The first-order valence-electron chi connectivity index (χ1n) is 5.60. The molecule has 1 aromatic heterocycles. The lowest BCUT2D eigenvalue weighted by atomic mass is 10.3. The standard InChI is InChI=1S/C12H15BrN4O/c1-16(2)11(18)5-6-17-10-4-3-8(13)7-9(10)15-12(17)14/h3-4,7H,5-6H2,1-2H3,(H2,14,15). The van der Waals surface area contributed by atoms with Crippen LogP contribution in [0, 0.1) is 0 Å². The lowest BCUT2D eigenvalue weighted by Crippen LogP contribution is -2.23. The molecule has 6 heteroatoms. The summed E-state index contributed by atoms with van der Waals surface area (Å²) in [5.74, 6) is 0.517. The number of nitrogens with zero attached hydrogens (tertiary/aromatic N) is 3. The molecular formula is C12H15BrN4O. The van der Waals surface area contributed by atoms with Gasteiger partial charge in [0.1, 0.15) is 0 Å². The molecule has 96 valence electrons. The largest absolute Gasteiger partial charge is 0.369 e. The van der Waals surface area contributed by atoms with Crippen LogP contribution in [0.5, 0.6) is 0 Å². The Labute approximate surface area is 114 Å². The van der Waals surface area contributed by atoms with Crippen LogP contribution in [0.15, 0.2) is 22.7 Å². The SMILES string of the molecule is CN(C)C(=O)CCn1c(N)nc2cc(Br)ccc21. The van der Waals surface area contributed by atoms with E-state index in [0.29, 0.717) is 18.9 Å². The molecule has 1 aromatic carbocycles. The summed E-state index contributed by atoms with van der Waals surface area (Å²) in [4.78, 5) is 17.4. The molecule has 2 N–H and O–H groups in total. The van der Waals surface area contributed by atoms with Crippen molar-refractivity contribution in [2.24, 2.45) is 0 Å². The quantitative estimate of drug-likeness (QED) is 0.941. The first-order valence-corrected chi connectivity index (χ1v) is 6.40. The van der Waals surface area contributed by atoms with Gasteiger partial charge in [-0.05, 0) is 18.2 Å². The molecule has 0 fully saturated rings. The molecule has 0 aliphatic carbocycles. The first kappa shape index (κ1) is 12.9. The van der Waals surface area contributed by atoms with Gasteiger partial charge in [0.2, 0.25) is 11.9 Å². The average Bonchev–Trinajstić information content (AvgIpc) is 2.60. The number of benzene rings is 1. The van der Waals surface area contributed by atoms with Gasteiger partial charge in [0.25, 0.3) is 0 Å². The smallest absolute Gasteiger partial charge is 0.223 e. The Morgan fingerprint density at radius 3 is 2.89 bits per heavy atom. The van der Waals surface area contributed by atoms with Crippen LogP contribution in [-0.2, 0) is 11.3 Å². The summed E-state index contributed by atoms with van der Waals surface area (Å²) >= 11 is 3.40. The number of carbonyl (C=O) groups is 1. The van der Waals surface area contributed by atoms with Gasteiger partial charge in [0, 0.05) is 31.5 Å². The predicted octanol–water partition coefficient (Wildman–Crippen LogP) is 1.86. The summed E-state index contributed by atoms with van der Waals surface area (Å²) < 4.78 is 2.83. The van der Waals surface area contributed by atoms with Crippen LogP contribution in [0.2, 0.25) is 0 Å². The number of imidazole rings is 1. The number of fused-ring (bicyclic) bond motifs is 1. The van der Waals surface area contributed by atoms with Gasteiger partial charge >= 0.3 is 0 Å². The van der Waals surface area contributed by atoms with Crippen LogP contribution in [-0.4, -0.2) is 34.5 Å². The van der Waals surface area contributed by atoms with E-state index in [1.54, 1.807) is 19.0 Å². The second-order valence-corrected chi connectivity index (χ2v) is 5.21. The minimum Gasteiger partial charge on any atom is -0.369 e. The number of rotatable bonds is 3. The highest BCUT2D eigenvalue weighted by Crippen LogP contribution is 2.22. The van der Waals surface area contributed by atoms with Crippen LogP contribution in [0.4, 0.5) is 5.95 Å². The number of hydrogen-bond donors (Lipinski definition) is 1. The van der Waals surface area contributed by atoms with Crippen LogP contribution in [0.25, 0.3) is 11.0 Å². The van der Waals surface area contributed by atoms with E-state index in [1.165, 1.54) is 0 Å². The van der Waals surface area contributed by atoms with Gasteiger partial charge in [-0.1, -0.05) is 15.9 Å². The number of amides is 1. The third-order valence-electron chi connectivity index (χ3n) is 2.79. The van der Waals surface area contributed by atoms with Crippen molar-refractivity contribution in [3.05, 3.63) is 22.7 Å². The summed E-state index contributed by atoms with van der Waals surface area (Å²) in [5.41, 5.74) is 7.66. The van der Waals surface area contributed by atoms with Crippen molar-refractivity contribution >= 4 is 38.8 Å². The maximum absolute atomic E-state index is 11.6. The highest BCUT2D eigenvalue weighted by Gasteiger charge is 2.10. The molecule has 5 nitrogen and oxygen atoms in total. The topological polar surface area (TPSA) is 64.2 Å². The minimum atomic E-state index is 0.0772. The van der Waals surface area contributed by atoms with Gasteiger partial charge in [-0.3, -0.25) is 4.79 Å². The Bertz CT molecular complexity index is 591. The van der Waals surface area contributed by atoms with E-state index in [9.17, 15) is 4.79 Å². The van der Waals surface area contributed by atoms with Gasteiger partial charge in [-0.15, -0.1) is 0 Å². The zero-order valence-corrected chi connectivity index (χ0v) is 11.9.